The zero-order chi connectivity index (χ0) is 11.4. The number of benzene rings is 1. The third kappa shape index (κ3) is 3.79. The Morgan fingerprint density at radius 2 is 1.88 bits per heavy atom. The van der Waals surface area contributed by atoms with Crippen molar-refractivity contribution in [1.29, 1.82) is 0 Å². The second-order valence-electron chi connectivity index (χ2n) is 3.85. The second kappa shape index (κ2) is 6.72. The van der Waals surface area contributed by atoms with Gasteiger partial charge in [0.2, 0.25) is 0 Å². The zero-order valence-corrected chi connectivity index (χ0v) is 11.7. The summed E-state index contributed by atoms with van der Waals surface area (Å²) >= 11 is 1.81. The van der Waals surface area contributed by atoms with Crippen LogP contribution in [0.15, 0.2) is 45.8 Å². The fraction of sp³-hybridized carbons (Fsp3) is 0.308. The smallest absolute Gasteiger partial charge is 0.187 e. The van der Waals surface area contributed by atoms with Gasteiger partial charge in [-0.25, -0.2) is 4.99 Å². The second-order valence-corrected chi connectivity index (χ2v) is 4.93. The van der Waals surface area contributed by atoms with Crippen LogP contribution in [0.4, 0.5) is 0 Å². The predicted octanol–water partition coefficient (Wildman–Crippen LogP) is -1.84. The van der Waals surface area contributed by atoms with Gasteiger partial charge in [-0.1, -0.05) is 30.0 Å². The molecule has 1 aliphatic heterocycles. The van der Waals surface area contributed by atoms with E-state index in [0.717, 1.165) is 13.1 Å². The summed E-state index contributed by atoms with van der Waals surface area (Å²) in [7, 11) is 0. The Bertz CT molecular complexity index is 426. The number of rotatable bonds is 2. The fourth-order valence-corrected chi connectivity index (χ4v) is 2.68. The van der Waals surface area contributed by atoms with E-state index in [1.165, 1.54) is 21.2 Å². The Morgan fingerprint density at radius 1 is 1.18 bits per heavy atom. The number of hydrogen-bond donors (Lipinski definition) is 2. The van der Waals surface area contributed by atoms with Crippen LogP contribution in [0.5, 0.6) is 0 Å². The Labute approximate surface area is 113 Å². The quantitative estimate of drug-likeness (QED) is 0.659. The molecular formula is C13H17ClN2S. The summed E-state index contributed by atoms with van der Waals surface area (Å²) in [6, 6.07) is 10.5. The molecule has 0 aromatic heterocycles. The molecule has 1 aromatic carbocycles. The van der Waals surface area contributed by atoms with Gasteiger partial charge >= 0.3 is 0 Å². The maximum atomic E-state index is 3.42. The van der Waals surface area contributed by atoms with E-state index in [1.807, 2.05) is 17.8 Å². The van der Waals surface area contributed by atoms with E-state index in [4.69, 9.17) is 0 Å². The van der Waals surface area contributed by atoms with Crippen molar-refractivity contribution in [1.82, 2.24) is 5.32 Å². The van der Waals surface area contributed by atoms with Crippen LogP contribution in [0.25, 0.3) is 0 Å². The number of thioether (sulfide) groups is 1. The first kappa shape index (κ1) is 14.1. The molecular weight excluding hydrogens is 252 g/mol. The molecule has 92 valence electrons. The van der Waals surface area contributed by atoms with Gasteiger partial charge in [0.1, 0.15) is 0 Å². The normalized spacial score (nSPS) is 15.5. The van der Waals surface area contributed by atoms with E-state index in [2.05, 4.69) is 48.4 Å². The van der Waals surface area contributed by atoms with Crippen LogP contribution < -0.4 is 22.7 Å². The maximum absolute atomic E-state index is 3.42. The van der Waals surface area contributed by atoms with Crippen LogP contribution in [-0.4, -0.2) is 18.8 Å². The summed E-state index contributed by atoms with van der Waals surface area (Å²) in [5, 5.41) is 3.42. The Balaban J connectivity index is 0.00000144. The summed E-state index contributed by atoms with van der Waals surface area (Å²) in [6.45, 7) is 6.26. The summed E-state index contributed by atoms with van der Waals surface area (Å²) < 4.78 is 0. The van der Waals surface area contributed by atoms with Gasteiger partial charge in [-0.2, -0.15) is 0 Å². The highest BCUT2D eigenvalue weighted by Crippen LogP contribution is 2.28. The van der Waals surface area contributed by atoms with Crippen LogP contribution in [0.2, 0.25) is 0 Å². The van der Waals surface area contributed by atoms with Crippen LogP contribution in [-0.2, 0) is 0 Å². The average Bonchev–Trinajstić information content (AvgIpc) is 2.46. The van der Waals surface area contributed by atoms with E-state index in [0.29, 0.717) is 0 Å². The lowest BCUT2D eigenvalue weighted by molar-refractivity contribution is -0.453. The van der Waals surface area contributed by atoms with Crippen molar-refractivity contribution in [2.24, 2.45) is 0 Å². The van der Waals surface area contributed by atoms with Gasteiger partial charge < -0.3 is 17.7 Å². The predicted molar refractivity (Wildman–Crippen MR) is 69.5 cm³/mol. The van der Waals surface area contributed by atoms with Gasteiger partial charge in [-0.3, -0.25) is 0 Å². The van der Waals surface area contributed by atoms with Crippen molar-refractivity contribution in [3.05, 3.63) is 40.9 Å². The molecule has 2 N–H and O–H groups in total. The van der Waals surface area contributed by atoms with Crippen molar-refractivity contribution in [2.75, 3.05) is 13.1 Å². The lowest BCUT2D eigenvalue weighted by Gasteiger charge is -2.07. The lowest BCUT2D eigenvalue weighted by atomic mass is 10.3. The van der Waals surface area contributed by atoms with E-state index in [1.54, 1.807) is 0 Å². The highest BCUT2D eigenvalue weighted by atomic mass is 35.5. The molecule has 0 saturated carbocycles. The van der Waals surface area contributed by atoms with Crippen molar-refractivity contribution < 1.29 is 17.4 Å². The molecule has 0 saturated heterocycles. The third-order valence-electron chi connectivity index (χ3n) is 2.55. The highest BCUT2D eigenvalue weighted by Gasteiger charge is 2.15. The molecule has 0 spiro atoms. The molecule has 1 aromatic rings. The van der Waals surface area contributed by atoms with Crippen molar-refractivity contribution in [3.63, 3.8) is 0 Å². The van der Waals surface area contributed by atoms with E-state index >= 15 is 0 Å². The Kier molecular flexibility index (Phi) is 5.59. The first-order valence-corrected chi connectivity index (χ1v) is 6.34. The number of halogens is 1. The van der Waals surface area contributed by atoms with Gasteiger partial charge in [0.25, 0.3) is 0 Å². The molecule has 0 atom stereocenters. The molecule has 0 amide bonds. The van der Waals surface area contributed by atoms with Gasteiger partial charge in [0.05, 0.1) is 11.4 Å². The molecule has 2 rings (SSSR count). The largest absolute Gasteiger partial charge is 1.00 e. The third-order valence-corrected chi connectivity index (χ3v) is 3.87. The first-order valence-electron chi connectivity index (χ1n) is 5.53. The molecule has 0 bridgehead atoms. The van der Waals surface area contributed by atoms with Gasteiger partial charge in [-0.15, -0.1) is 0 Å². The molecule has 0 radical (unpaired) electrons. The number of hydrogen-bond acceptors (Lipinski definition) is 2. The maximum Gasteiger partial charge on any atom is 0.187 e. The molecule has 4 heteroatoms. The SMILES string of the molecule is CC1=[NH+]CCNC(C)=C1Sc1ccccc1.[Cl-]. The van der Waals surface area contributed by atoms with Crippen molar-refractivity contribution in [2.45, 2.75) is 18.7 Å². The van der Waals surface area contributed by atoms with Gasteiger partial charge in [0, 0.05) is 17.5 Å². The Morgan fingerprint density at radius 3 is 2.59 bits per heavy atom. The van der Waals surface area contributed by atoms with Crippen LogP contribution in [0.1, 0.15) is 13.8 Å². The first-order chi connectivity index (χ1) is 7.77. The molecule has 0 unspecified atom stereocenters. The topological polar surface area (TPSA) is 26.0 Å². The molecule has 0 aliphatic carbocycles. The van der Waals surface area contributed by atoms with E-state index < -0.39 is 0 Å². The molecule has 1 heterocycles. The highest BCUT2D eigenvalue weighted by molar-refractivity contribution is 8.04. The van der Waals surface area contributed by atoms with E-state index in [-0.39, 0.29) is 12.4 Å². The fourth-order valence-electron chi connectivity index (χ4n) is 1.70. The monoisotopic (exact) mass is 268 g/mol. The van der Waals surface area contributed by atoms with Crippen LogP contribution in [0.3, 0.4) is 0 Å². The lowest BCUT2D eigenvalue weighted by Crippen LogP contribution is -3.00. The van der Waals surface area contributed by atoms with Crippen LogP contribution in [0, 0.1) is 0 Å². The molecule has 0 fully saturated rings. The minimum Gasteiger partial charge on any atom is -1.00 e. The summed E-state index contributed by atoms with van der Waals surface area (Å²) in [5.74, 6) is 0. The zero-order valence-electron chi connectivity index (χ0n) is 10.1. The average molecular weight is 269 g/mol. The number of nitrogens with one attached hydrogen (secondary N) is 2. The van der Waals surface area contributed by atoms with Gasteiger partial charge in [0.15, 0.2) is 12.3 Å². The van der Waals surface area contributed by atoms with Crippen molar-refractivity contribution in [3.8, 4) is 0 Å². The minimum absolute atomic E-state index is 0. The summed E-state index contributed by atoms with van der Waals surface area (Å²) in [4.78, 5) is 6.01. The Hall–Kier alpha value is -0.930. The van der Waals surface area contributed by atoms with Gasteiger partial charge in [-0.05, 0) is 19.1 Å². The standard InChI is InChI=1S/C13H16N2S.ClH/c1-10-13(11(2)15-9-8-14-10)16-12-6-4-3-5-7-12;/h3-7,14H,8-9H2,1-2H3;1H. The molecule has 17 heavy (non-hydrogen) atoms. The van der Waals surface area contributed by atoms with E-state index in [9.17, 15) is 0 Å². The summed E-state index contributed by atoms with van der Waals surface area (Å²) in [6.07, 6.45) is 0. The van der Waals surface area contributed by atoms with Crippen LogP contribution >= 0.6 is 11.8 Å². The summed E-state index contributed by atoms with van der Waals surface area (Å²) in [5.41, 5.74) is 2.52. The minimum atomic E-state index is 0. The molecule has 1 aliphatic rings. The number of allylic oxidation sites excluding steroid dienone is 2. The van der Waals surface area contributed by atoms with Crippen molar-refractivity contribution >= 4 is 17.5 Å². The molecule has 2 nitrogen and oxygen atoms in total.